The third kappa shape index (κ3) is 3.34. The molecular weight excluding hydrogens is 392 g/mol. The minimum absolute atomic E-state index is 0.0520. The Kier molecular flexibility index (Phi) is 4.53. The molecule has 1 saturated heterocycles. The van der Waals surface area contributed by atoms with Crippen LogP contribution in [0.3, 0.4) is 0 Å². The second-order valence-corrected chi connectivity index (χ2v) is 8.23. The van der Waals surface area contributed by atoms with Crippen LogP contribution in [0.2, 0.25) is 0 Å². The third-order valence-corrected chi connectivity index (χ3v) is 6.29. The molecule has 5 rings (SSSR count). The van der Waals surface area contributed by atoms with Gasteiger partial charge in [-0.3, -0.25) is 18.9 Å². The Morgan fingerprint density at radius 3 is 2.60 bits per heavy atom. The first-order valence-electron chi connectivity index (χ1n) is 10.2. The van der Waals surface area contributed by atoms with E-state index in [0.29, 0.717) is 17.9 Å². The number of likely N-dealkylation sites (tertiary alicyclic amines) is 1. The number of hydrogen-bond donors (Lipinski definition) is 1. The van der Waals surface area contributed by atoms with E-state index in [1.165, 1.54) is 0 Å². The summed E-state index contributed by atoms with van der Waals surface area (Å²) < 4.78 is 30.7. The number of rotatable bonds is 4. The van der Waals surface area contributed by atoms with Gasteiger partial charge in [0.1, 0.15) is 17.7 Å². The van der Waals surface area contributed by atoms with Crippen molar-refractivity contribution < 1.29 is 13.6 Å². The molecule has 1 aliphatic heterocycles. The summed E-state index contributed by atoms with van der Waals surface area (Å²) in [5.74, 6) is -2.63. The average molecular weight is 415 g/mol. The molecular formula is C20H23F2N7O. The molecule has 3 aromatic heterocycles. The van der Waals surface area contributed by atoms with Gasteiger partial charge in [-0.05, 0) is 31.7 Å². The van der Waals surface area contributed by atoms with Crippen LogP contribution < -0.4 is 5.73 Å². The van der Waals surface area contributed by atoms with Gasteiger partial charge in [0.15, 0.2) is 5.69 Å². The van der Waals surface area contributed by atoms with Gasteiger partial charge in [-0.15, -0.1) is 0 Å². The van der Waals surface area contributed by atoms with E-state index >= 15 is 0 Å². The van der Waals surface area contributed by atoms with E-state index in [1.54, 1.807) is 29.5 Å². The zero-order valence-electron chi connectivity index (χ0n) is 16.4. The lowest BCUT2D eigenvalue weighted by Gasteiger charge is -2.34. The van der Waals surface area contributed by atoms with Gasteiger partial charge in [-0.2, -0.15) is 5.10 Å². The Morgan fingerprint density at radius 2 is 1.97 bits per heavy atom. The summed E-state index contributed by atoms with van der Waals surface area (Å²) in [5, 5.41) is 5.32. The van der Waals surface area contributed by atoms with Crippen molar-refractivity contribution in [2.24, 2.45) is 5.73 Å². The van der Waals surface area contributed by atoms with Crippen molar-refractivity contribution in [3.8, 4) is 5.82 Å². The number of nitrogens with two attached hydrogens (primary N) is 1. The summed E-state index contributed by atoms with van der Waals surface area (Å²) in [6, 6.07) is 2.11. The number of alkyl halides is 2. The summed E-state index contributed by atoms with van der Waals surface area (Å²) in [5.41, 5.74) is 6.45. The number of imidazole rings is 1. The maximum absolute atomic E-state index is 13.6. The average Bonchev–Trinajstić information content (AvgIpc) is 3.46. The van der Waals surface area contributed by atoms with Crippen molar-refractivity contribution in [3.63, 3.8) is 0 Å². The van der Waals surface area contributed by atoms with E-state index in [0.717, 1.165) is 31.1 Å². The highest BCUT2D eigenvalue weighted by atomic mass is 19.3. The second kappa shape index (κ2) is 7.12. The molecule has 1 aliphatic carbocycles. The molecule has 2 aliphatic rings. The number of carbonyl (C=O) groups is 1. The number of carbonyl (C=O) groups excluding carboxylic acids is 1. The maximum atomic E-state index is 13.6. The number of amides is 1. The third-order valence-electron chi connectivity index (χ3n) is 6.29. The summed E-state index contributed by atoms with van der Waals surface area (Å²) in [7, 11) is 0. The summed E-state index contributed by atoms with van der Waals surface area (Å²) in [6.45, 7) is 0.319. The van der Waals surface area contributed by atoms with Crippen molar-refractivity contribution in [1.29, 1.82) is 0 Å². The number of nitrogens with zero attached hydrogens (tertiary/aromatic N) is 6. The molecule has 2 N–H and O–H groups in total. The van der Waals surface area contributed by atoms with Gasteiger partial charge in [-0.1, -0.05) is 0 Å². The first-order valence-corrected chi connectivity index (χ1v) is 10.2. The Hall–Kier alpha value is -2.88. The quantitative estimate of drug-likeness (QED) is 0.707. The predicted octanol–water partition coefficient (Wildman–Crippen LogP) is 2.54. The molecule has 158 valence electrons. The molecule has 30 heavy (non-hydrogen) atoms. The molecule has 0 bridgehead atoms. The molecule has 4 heterocycles. The van der Waals surface area contributed by atoms with Gasteiger partial charge in [0.05, 0.1) is 18.8 Å². The second-order valence-electron chi connectivity index (χ2n) is 8.23. The van der Waals surface area contributed by atoms with Crippen molar-refractivity contribution in [1.82, 2.24) is 29.2 Å². The fourth-order valence-corrected chi connectivity index (χ4v) is 4.78. The topological polar surface area (TPSA) is 94.9 Å². The summed E-state index contributed by atoms with van der Waals surface area (Å²) >= 11 is 0. The van der Waals surface area contributed by atoms with E-state index < -0.39 is 11.8 Å². The number of halogens is 2. The summed E-state index contributed by atoms with van der Waals surface area (Å²) in [6.07, 6.45) is 9.92. The molecule has 10 heteroatoms. The van der Waals surface area contributed by atoms with E-state index in [2.05, 4.69) is 15.1 Å². The molecule has 1 amide bonds. The van der Waals surface area contributed by atoms with Crippen LogP contribution >= 0.6 is 0 Å². The fourth-order valence-electron chi connectivity index (χ4n) is 4.78. The Balaban J connectivity index is 1.41. The van der Waals surface area contributed by atoms with E-state index in [9.17, 15) is 13.6 Å². The number of primary amides is 1. The highest BCUT2D eigenvalue weighted by Gasteiger charge is 2.41. The van der Waals surface area contributed by atoms with Crippen LogP contribution in [0.15, 0.2) is 31.0 Å². The molecule has 2 fully saturated rings. The highest BCUT2D eigenvalue weighted by Crippen LogP contribution is 2.37. The monoisotopic (exact) mass is 415 g/mol. The van der Waals surface area contributed by atoms with Crippen molar-refractivity contribution in [2.45, 2.75) is 50.1 Å². The first-order chi connectivity index (χ1) is 14.4. The van der Waals surface area contributed by atoms with E-state index in [1.807, 2.05) is 15.6 Å². The maximum Gasteiger partial charge on any atom is 0.269 e. The van der Waals surface area contributed by atoms with Gasteiger partial charge in [0, 0.05) is 36.8 Å². The molecule has 0 aromatic carbocycles. The van der Waals surface area contributed by atoms with Gasteiger partial charge in [0.2, 0.25) is 0 Å². The van der Waals surface area contributed by atoms with Gasteiger partial charge in [0.25, 0.3) is 11.8 Å². The fraction of sp³-hybridized carbons (Fsp3) is 0.500. The number of aromatic nitrogens is 5. The van der Waals surface area contributed by atoms with Crippen LogP contribution in [0.1, 0.15) is 48.6 Å². The molecule has 3 aromatic rings. The smallest absolute Gasteiger partial charge is 0.269 e. The Morgan fingerprint density at radius 1 is 1.20 bits per heavy atom. The SMILES string of the molecule is NC(=O)c1nc(-n2ccnc2)cc2cnn(C3CCC(N4CCC(F)(F)C4)CC3)c12. The molecule has 0 unspecified atom stereocenters. The standard InChI is InChI=1S/C20H23F2N7O/c21-20(22)5-7-27(11-20)14-1-3-15(4-2-14)29-18-13(10-25-29)9-16(26-17(18)19(23)30)28-8-6-24-12-28/h6,8-10,12,14-15H,1-5,7,11H2,(H2,23,30). The van der Waals surface area contributed by atoms with Crippen molar-refractivity contribution >= 4 is 16.8 Å². The van der Waals surface area contributed by atoms with Crippen LogP contribution in [-0.2, 0) is 0 Å². The first kappa shape index (κ1) is 19.1. The van der Waals surface area contributed by atoms with Gasteiger partial charge < -0.3 is 5.73 Å². The van der Waals surface area contributed by atoms with Crippen LogP contribution in [-0.4, -0.2) is 60.2 Å². The normalized spacial score (nSPS) is 24.5. The predicted molar refractivity (Wildman–Crippen MR) is 106 cm³/mol. The van der Waals surface area contributed by atoms with Crippen molar-refractivity contribution in [3.05, 3.63) is 36.7 Å². The van der Waals surface area contributed by atoms with Gasteiger partial charge >= 0.3 is 0 Å². The molecule has 8 nitrogen and oxygen atoms in total. The lowest BCUT2D eigenvalue weighted by molar-refractivity contribution is 0.00458. The molecule has 0 atom stereocenters. The summed E-state index contributed by atoms with van der Waals surface area (Å²) in [4.78, 5) is 22.6. The minimum Gasteiger partial charge on any atom is -0.364 e. The lowest BCUT2D eigenvalue weighted by Crippen LogP contribution is -2.38. The van der Waals surface area contributed by atoms with E-state index in [-0.39, 0.29) is 30.7 Å². The van der Waals surface area contributed by atoms with Crippen LogP contribution in [0.4, 0.5) is 8.78 Å². The molecule has 1 saturated carbocycles. The van der Waals surface area contributed by atoms with Crippen LogP contribution in [0.5, 0.6) is 0 Å². The van der Waals surface area contributed by atoms with Crippen molar-refractivity contribution in [2.75, 3.05) is 13.1 Å². The van der Waals surface area contributed by atoms with Crippen LogP contribution in [0.25, 0.3) is 16.7 Å². The zero-order valence-corrected chi connectivity index (χ0v) is 16.4. The lowest BCUT2D eigenvalue weighted by atomic mass is 9.90. The Bertz CT molecular complexity index is 1070. The van der Waals surface area contributed by atoms with E-state index in [4.69, 9.17) is 5.73 Å². The molecule has 0 spiro atoms. The Labute approximate surface area is 171 Å². The van der Waals surface area contributed by atoms with Crippen LogP contribution in [0, 0.1) is 0 Å². The highest BCUT2D eigenvalue weighted by molar-refractivity contribution is 6.03. The van der Waals surface area contributed by atoms with Gasteiger partial charge in [-0.25, -0.2) is 18.7 Å². The number of pyridine rings is 1. The number of fused-ring (bicyclic) bond motifs is 1. The molecule has 0 radical (unpaired) electrons. The minimum atomic E-state index is -2.57. The zero-order chi connectivity index (χ0) is 20.9. The largest absolute Gasteiger partial charge is 0.364 e. The number of hydrogen-bond acceptors (Lipinski definition) is 5.